The number of rotatable bonds is 5. The first-order chi connectivity index (χ1) is 10.4. The van der Waals surface area contributed by atoms with E-state index >= 15 is 0 Å². The van der Waals surface area contributed by atoms with Crippen LogP contribution in [0.5, 0.6) is 0 Å². The van der Waals surface area contributed by atoms with Crippen LogP contribution >= 0.6 is 0 Å². The van der Waals surface area contributed by atoms with Gasteiger partial charge in [0, 0.05) is 31.4 Å². The molecule has 21 heavy (non-hydrogen) atoms. The fraction of sp³-hybridized carbons (Fsp3) is 0.500. The highest BCUT2D eigenvalue weighted by Gasteiger charge is 2.21. The van der Waals surface area contributed by atoms with Gasteiger partial charge < -0.3 is 9.84 Å². The van der Waals surface area contributed by atoms with Crippen LogP contribution in [0.3, 0.4) is 0 Å². The number of hydrogen-bond acceptors (Lipinski definition) is 5. The first-order valence-corrected chi connectivity index (χ1v) is 7.66. The summed E-state index contributed by atoms with van der Waals surface area (Å²) in [4.78, 5) is 6.94. The van der Waals surface area contributed by atoms with Gasteiger partial charge in [0.2, 0.25) is 0 Å². The van der Waals surface area contributed by atoms with Crippen molar-refractivity contribution in [1.29, 1.82) is 0 Å². The van der Waals surface area contributed by atoms with Crippen LogP contribution in [0.1, 0.15) is 30.7 Å². The van der Waals surface area contributed by atoms with Crippen molar-refractivity contribution in [2.24, 2.45) is 0 Å². The first-order valence-electron chi connectivity index (χ1n) is 7.66. The van der Waals surface area contributed by atoms with E-state index in [9.17, 15) is 0 Å². The molecule has 1 aliphatic rings. The fourth-order valence-electron chi connectivity index (χ4n) is 2.91. The molecule has 5 nitrogen and oxygen atoms in total. The van der Waals surface area contributed by atoms with E-state index < -0.39 is 0 Å². The maximum absolute atomic E-state index is 4.97. The van der Waals surface area contributed by atoms with Crippen molar-refractivity contribution in [1.82, 2.24) is 20.4 Å². The molecule has 112 valence electrons. The summed E-state index contributed by atoms with van der Waals surface area (Å²) in [5, 5.41) is 7.54. The van der Waals surface area contributed by atoms with Crippen molar-refractivity contribution in [2.45, 2.75) is 38.4 Å². The molecule has 0 saturated carbocycles. The van der Waals surface area contributed by atoms with E-state index in [0.29, 0.717) is 6.04 Å². The summed E-state index contributed by atoms with van der Waals surface area (Å²) < 4.78 is 4.97. The number of pyridine rings is 1. The first kappa shape index (κ1) is 14.2. The van der Waals surface area contributed by atoms with Crippen molar-refractivity contribution in [3.05, 3.63) is 48.1 Å². The molecular weight excluding hydrogens is 264 g/mol. The summed E-state index contributed by atoms with van der Waals surface area (Å²) in [6.45, 7) is 3.89. The largest absolute Gasteiger partial charge is 0.364 e. The molecule has 0 spiro atoms. The predicted molar refractivity (Wildman–Crippen MR) is 80.5 cm³/mol. The third-order valence-electron chi connectivity index (χ3n) is 4.01. The van der Waals surface area contributed by atoms with Crippen molar-refractivity contribution in [2.75, 3.05) is 13.1 Å². The molecule has 1 N–H and O–H groups in total. The summed E-state index contributed by atoms with van der Waals surface area (Å²) >= 11 is 0. The van der Waals surface area contributed by atoms with Gasteiger partial charge in [0.05, 0.1) is 11.4 Å². The van der Waals surface area contributed by atoms with Gasteiger partial charge in [0.1, 0.15) is 6.26 Å². The van der Waals surface area contributed by atoms with Crippen LogP contribution in [0.2, 0.25) is 0 Å². The van der Waals surface area contributed by atoms with Gasteiger partial charge in [0.25, 0.3) is 0 Å². The van der Waals surface area contributed by atoms with Gasteiger partial charge in [-0.1, -0.05) is 11.2 Å². The lowest BCUT2D eigenvalue weighted by atomic mass is 10.1. The molecule has 5 heteroatoms. The second-order valence-electron chi connectivity index (χ2n) is 5.55. The summed E-state index contributed by atoms with van der Waals surface area (Å²) in [7, 11) is 0. The van der Waals surface area contributed by atoms with E-state index in [1.54, 1.807) is 6.26 Å². The molecule has 2 aromatic rings. The van der Waals surface area contributed by atoms with E-state index in [4.69, 9.17) is 4.52 Å². The maximum atomic E-state index is 4.97. The summed E-state index contributed by atoms with van der Waals surface area (Å²) in [5.74, 6) is 0. The zero-order valence-corrected chi connectivity index (χ0v) is 12.2. The lowest BCUT2D eigenvalue weighted by molar-refractivity contribution is 0.158. The van der Waals surface area contributed by atoms with Gasteiger partial charge in [-0.05, 0) is 44.5 Å². The zero-order chi connectivity index (χ0) is 14.3. The topological polar surface area (TPSA) is 54.2 Å². The minimum absolute atomic E-state index is 0.568. The minimum Gasteiger partial charge on any atom is -0.364 e. The van der Waals surface area contributed by atoms with Gasteiger partial charge in [-0.25, -0.2) is 0 Å². The Morgan fingerprint density at radius 3 is 2.90 bits per heavy atom. The van der Waals surface area contributed by atoms with Crippen molar-refractivity contribution in [3.8, 4) is 0 Å². The summed E-state index contributed by atoms with van der Waals surface area (Å²) in [5.41, 5.74) is 2.10. The molecule has 1 aliphatic heterocycles. The molecular formula is C16H22N4O. The van der Waals surface area contributed by atoms with E-state index in [0.717, 1.165) is 37.6 Å². The molecule has 3 heterocycles. The van der Waals surface area contributed by atoms with Crippen LogP contribution < -0.4 is 5.32 Å². The average molecular weight is 286 g/mol. The molecule has 0 aromatic carbocycles. The van der Waals surface area contributed by atoms with Crippen LogP contribution in [0.25, 0.3) is 0 Å². The molecule has 0 aliphatic carbocycles. The molecule has 2 aromatic heterocycles. The van der Waals surface area contributed by atoms with E-state index in [-0.39, 0.29) is 0 Å². The molecule has 1 atom stereocenters. The molecule has 3 rings (SSSR count). The fourth-order valence-corrected chi connectivity index (χ4v) is 2.91. The van der Waals surface area contributed by atoms with Crippen LogP contribution in [0, 0.1) is 0 Å². The van der Waals surface area contributed by atoms with Crippen molar-refractivity contribution < 1.29 is 4.52 Å². The standard InChI is InChI=1S/C16H22N4O/c1-2-9-18-14(4-1)12-20(13-15-7-11-21-19-15)16-5-3-8-17-10-6-16/h1-2,4,7,9,11,16-17H,3,5-6,8,10,12-13H2. The third kappa shape index (κ3) is 4.12. The Balaban J connectivity index is 1.72. The molecule has 1 unspecified atom stereocenters. The van der Waals surface area contributed by atoms with Crippen LogP contribution in [-0.4, -0.2) is 34.2 Å². The van der Waals surface area contributed by atoms with Crippen LogP contribution in [0.15, 0.2) is 41.2 Å². The summed E-state index contributed by atoms with van der Waals surface area (Å²) in [6.07, 6.45) is 7.12. The molecule has 1 saturated heterocycles. The Kier molecular flexibility index (Phi) is 4.97. The van der Waals surface area contributed by atoms with E-state index in [1.165, 1.54) is 19.3 Å². The van der Waals surface area contributed by atoms with Crippen molar-refractivity contribution >= 4 is 0 Å². The Morgan fingerprint density at radius 2 is 2.10 bits per heavy atom. The Bertz CT molecular complexity index is 506. The monoisotopic (exact) mass is 286 g/mol. The zero-order valence-electron chi connectivity index (χ0n) is 12.2. The van der Waals surface area contributed by atoms with Gasteiger partial charge in [-0.15, -0.1) is 0 Å². The third-order valence-corrected chi connectivity index (χ3v) is 4.01. The number of nitrogens with zero attached hydrogens (tertiary/aromatic N) is 3. The van der Waals surface area contributed by atoms with E-state index in [2.05, 4.69) is 26.4 Å². The van der Waals surface area contributed by atoms with Crippen LogP contribution in [0.4, 0.5) is 0 Å². The van der Waals surface area contributed by atoms with Crippen molar-refractivity contribution in [3.63, 3.8) is 0 Å². The molecule has 0 bridgehead atoms. The minimum atomic E-state index is 0.568. The Labute approximate surface area is 125 Å². The Hall–Kier alpha value is -1.72. The average Bonchev–Trinajstić information content (AvgIpc) is 2.87. The van der Waals surface area contributed by atoms with Gasteiger partial charge in [-0.2, -0.15) is 0 Å². The Morgan fingerprint density at radius 1 is 1.14 bits per heavy atom. The lowest BCUT2D eigenvalue weighted by Crippen LogP contribution is -2.35. The number of nitrogens with one attached hydrogen (secondary N) is 1. The lowest BCUT2D eigenvalue weighted by Gasteiger charge is -2.30. The number of hydrogen-bond donors (Lipinski definition) is 1. The SMILES string of the molecule is c1ccc(CN(Cc2ccon2)C2CCCNCC2)nc1. The van der Waals surface area contributed by atoms with Crippen LogP contribution in [-0.2, 0) is 13.1 Å². The highest BCUT2D eigenvalue weighted by Crippen LogP contribution is 2.18. The highest BCUT2D eigenvalue weighted by atomic mass is 16.5. The summed E-state index contributed by atoms with van der Waals surface area (Å²) in [6, 6.07) is 8.61. The molecule has 0 radical (unpaired) electrons. The smallest absolute Gasteiger partial charge is 0.124 e. The molecule has 1 fully saturated rings. The second-order valence-corrected chi connectivity index (χ2v) is 5.55. The number of aromatic nitrogens is 2. The van der Waals surface area contributed by atoms with E-state index in [1.807, 2.05) is 24.4 Å². The highest BCUT2D eigenvalue weighted by molar-refractivity contribution is 5.05. The normalized spacial score (nSPS) is 19.6. The molecule has 0 amide bonds. The van der Waals surface area contributed by atoms with Gasteiger partial charge >= 0.3 is 0 Å². The maximum Gasteiger partial charge on any atom is 0.124 e. The predicted octanol–water partition coefficient (Wildman–Crippen LogP) is 2.21. The van der Waals surface area contributed by atoms with Gasteiger partial charge in [-0.3, -0.25) is 9.88 Å². The second kappa shape index (κ2) is 7.33. The quantitative estimate of drug-likeness (QED) is 0.913. The van der Waals surface area contributed by atoms with Gasteiger partial charge in [0.15, 0.2) is 0 Å².